The predicted molar refractivity (Wildman–Crippen MR) is 74.8 cm³/mol. The van der Waals surface area contributed by atoms with Crippen LogP contribution in [0.1, 0.15) is 25.3 Å². The van der Waals surface area contributed by atoms with Gasteiger partial charge in [-0.3, -0.25) is 0 Å². The highest BCUT2D eigenvalue weighted by molar-refractivity contribution is 9.10. The lowest BCUT2D eigenvalue weighted by Crippen LogP contribution is -2.42. The first-order valence-corrected chi connectivity index (χ1v) is 7.01. The molecule has 1 amide bonds. The summed E-state index contributed by atoms with van der Waals surface area (Å²) in [7, 11) is 0. The fourth-order valence-corrected chi connectivity index (χ4v) is 2.32. The number of piperidine rings is 1. The van der Waals surface area contributed by atoms with E-state index in [9.17, 15) is 4.79 Å². The molecule has 0 N–H and O–H groups in total. The van der Waals surface area contributed by atoms with Gasteiger partial charge in [0.25, 0.3) is 0 Å². The van der Waals surface area contributed by atoms with Crippen LogP contribution < -0.4 is 0 Å². The van der Waals surface area contributed by atoms with Crippen LogP contribution in [0.5, 0.6) is 0 Å². The van der Waals surface area contributed by atoms with Crippen molar-refractivity contribution in [3.63, 3.8) is 0 Å². The molecule has 98 valence electrons. The Balaban J connectivity index is 1.79. The molecule has 1 aliphatic rings. The number of hydrogen-bond acceptors (Lipinski definition) is 2. The quantitative estimate of drug-likeness (QED) is 0.781. The Kier molecular flexibility index (Phi) is 4.27. The van der Waals surface area contributed by atoms with Gasteiger partial charge in [0, 0.05) is 17.4 Å². The lowest BCUT2D eigenvalue weighted by Gasteiger charge is -2.34. The van der Waals surface area contributed by atoms with Crippen molar-refractivity contribution in [2.24, 2.45) is 0 Å². The molecule has 0 aliphatic carbocycles. The van der Waals surface area contributed by atoms with Crippen LogP contribution in [0.25, 0.3) is 0 Å². The van der Waals surface area contributed by atoms with E-state index in [0.717, 1.165) is 31.5 Å². The minimum absolute atomic E-state index is 0.170. The molecule has 0 bridgehead atoms. The molecule has 0 spiro atoms. The van der Waals surface area contributed by atoms with Crippen LogP contribution in [-0.2, 0) is 11.3 Å². The Hall–Kier alpha value is -1.03. The van der Waals surface area contributed by atoms with E-state index in [1.807, 2.05) is 30.3 Å². The highest BCUT2D eigenvalue weighted by atomic mass is 79.9. The second-order valence-corrected chi connectivity index (χ2v) is 6.86. The van der Waals surface area contributed by atoms with Gasteiger partial charge in [-0.15, -0.1) is 0 Å². The monoisotopic (exact) mass is 311 g/mol. The molecular formula is C14H18BrNO2. The Labute approximate surface area is 116 Å². The largest absolute Gasteiger partial charge is 0.445 e. The zero-order chi connectivity index (χ0) is 13.0. The number of amides is 1. The molecule has 18 heavy (non-hydrogen) atoms. The normalized spacial score (nSPS) is 18.4. The number of benzene rings is 1. The third kappa shape index (κ3) is 3.73. The van der Waals surface area contributed by atoms with Crippen molar-refractivity contribution < 1.29 is 9.53 Å². The van der Waals surface area contributed by atoms with E-state index in [2.05, 4.69) is 22.9 Å². The second-order valence-electron chi connectivity index (χ2n) is 4.94. The summed E-state index contributed by atoms with van der Waals surface area (Å²) < 4.78 is 5.48. The standard InChI is InChI=1S/C14H18BrNO2/c1-14(15)7-9-16(10-8-14)13(17)18-11-12-5-3-2-4-6-12/h2-6H,7-11H2,1H3. The van der Waals surface area contributed by atoms with Gasteiger partial charge >= 0.3 is 6.09 Å². The van der Waals surface area contributed by atoms with E-state index in [1.165, 1.54) is 0 Å². The molecule has 1 aromatic carbocycles. The maximum absolute atomic E-state index is 11.9. The van der Waals surface area contributed by atoms with Gasteiger partial charge < -0.3 is 9.64 Å². The number of ether oxygens (including phenoxy) is 1. The summed E-state index contributed by atoms with van der Waals surface area (Å²) in [5.41, 5.74) is 1.02. The first-order chi connectivity index (χ1) is 8.57. The number of alkyl halides is 1. The molecule has 1 aliphatic heterocycles. The molecular weight excluding hydrogens is 294 g/mol. The van der Waals surface area contributed by atoms with E-state index >= 15 is 0 Å². The summed E-state index contributed by atoms with van der Waals surface area (Å²) in [5, 5.41) is 0. The second kappa shape index (κ2) is 5.74. The molecule has 1 saturated heterocycles. The molecule has 0 radical (unpaired) electrons. The van der Waals surface area contributed by atoms with Crippen molar-refractivity contribution in [1.29, 1.82) is 0 Å². The SMILES string of the molecule is CC1(Br)CCN(C(=O)OCc2ccccc2)CC1. The maximum Gasteiger partial charge on any atom is 0.410 e. The zero-order valence-electron chi connectivity index (χ0n) is 10.6. The minimum atomic E-state index is -0.207. The third-order valence-electron chi connectivity index (χ3n) is 3.27. The lowest BCUT2D eigenvalue weighted by atomic mass is 9.99. The molecule has 3 nitrogen and oxygen atoms in total. The van der Waals surface area contributed by atoms with E-state index < -0.39 is 0 Å². The smallest absolute Gasteiger partial charge is 0.410 e. The number of rotatable bonds is 2. The summed E-state index contributed by atoms with van der Waals surface area (Å²) in [6.07, 6.45) is 1.72. The molecule has 1 fully saturated rings. The van der Waals surface area contributed by atoms with Crippen molar-refractivity contribution in [1.82, 2.24) is 4.90 Å². The van der Waals surface area contributed by atoms with Crippen molar-refractivity contribution in [3.8, 4) is 0 Å². The van der Waals surface area contributed by atoms with E-state index in [0.29, 0.717) is 6.61 Å². The Morgan fingerprint density at radius 1 is 1.33 bits per heavy atom. The number of carbonyl (C=O) groups excluding carboxylic acids is 1. The van der Waals surface area contributed by atoms with Crippen LogP contribution in [0.2, 0.25) is 0 Å². The topological polar surface area (TPSA) is 29.5 Å². The van der Waals surface area contributed by atoms with Crippen LogP contribution in [0.15, 0.2) is 30.3 Å². The number of likely N-dealkylation sites (tertiary alicyclic amines) is 1. The van der Waals surface area contributed by atoms with Gasteiger partial charge in [0.1, 0.15) is 6.61 Å². The summed E-state index contributed by atoms with van der Waals surface area (Å²) >= 11 is 3.67. The highest BCUT2D eigenvalue weighted by Gasteiger charge is 2.29. The fraction of sp³-hybridized carbons (Fsp3) is 0.500. The molecule has 0 atom stereocenters. The molecule has 0 aromatic heterocycles. The molecule has 4 heteroatoms. The molecule has 0 unspecified atom stereocenters. The summed E-state index contributed by atoms with van der Waals surface area (Å²) in [6.45, 7) is 4.03. The van der Waals surface area contributed by atoms with Gasteiger partial charge in [-0.05, 0) is 25.3 Å². The highest BCUT2D eigenvalue weighted by Crippen LogP contribution is 2.30. The molecule has 2 rings (SSSR count). The number of carbonyl (C=O) groups is 1. The minimum Gasteiger partial charge on any atom is -0.445 e. The average Bonchev–Trinajstić information content (AvgIpc) is 2.37. The van der Waals surface area contributed by atoms with Gasteiger partial charge in [0.05, 0.1) is 0 Å². The van der Waals surface area contributed by atoms with Crippen LogP contribution in [0.4, 0.5) is 4.79 Å². The van der Waals surface area contributed by atoms with Gasteiger partial charge in [-0.2, -0.15) is 0 Å². The fourth-order valence-electron chi connectivity index (χ4n) is 1.97. The van der Waals surface area contributed by atoms with Crippen LogP contribution >= 0.6 is 15.9 Å². The van der Waals surface area contributed by atoms with Crippen molar-refractivity contribution in [2.75, 3.05) is 13.1 Å². The Morgan fingerprint density at radius 3 is 2.56 bits per heavy atom. The van der Waals surface area contributed by atoms with Crippen LogP contribution in [0.3, 0.4) is 0 Å². The summed E-state index contributed by atoms with van der Waals surface area (Å²) in [6, 6.07) is 9.76. The van der Waals surface area contributed by atoms with Gasteiger partial charge in [-0.25, -0.2) is 4.79 Å². The molecule has 0 saturated carbocycles. The average molecular weight is 312 g/mol. The maximum atomic E-state index is 11.9. The van der Waals surface area contributed by atoms with Gasteiger partial charge in [0.2, 0.25) is 0 Å². The summed E-state index contributed by atoms with van der Waals surface area (Å²) in [5.74, 6) is 0. The van der Waals surface area contributed by atoms with Crippen molar-refractivity contribution in [3.05, 3.63) is 35.9 Å². The first kappa shape index (κ1) is 13.4. The van der Waals surface area contributed by atoms with E-state index in [1.54, 1.807) is 4.90 Å². The van der Waals surface area contributed by atoms with E-state index in [-0.39, 0.29) is 10.4 Å². The van der Waals surface area contributed by atoms with Crippen LogP contribution in [0, 0.1) is 0 Å². The Morgan fingerprint density at radius 2 is 1.94 bits per heavy atom. The van der Waals surface area contributed by atoms with Crippen molar-refractivity contribution >= 4 is 22.0 Å². The van der Waals surface area contributed by atoms with Crippen molar-refractivity contribution in [2.45, 2.75) is 30.7 Å². The Bertz CT molecular complexity index is 396. The third-order valence-corrected chi connectivity index (χ3v) is 4.06. The van der Waals surface area contributed by atoms with Gasteiger partial charge in [0.15, 0.2) is 0 Å². The molecule has 1 aromatic rings. The van der Waals surface area contributed by atoms with E-state index in [4.69, 9.17) is 4.74 Å². The van der Waals surface area contributed by atoms with Crippen LogP contribution in [-0.4, -0.2) is 28.4 Å². The number of nitrogens with zero attached hydrogens (tertiary/aromatic N) is 1. The predicted octanol–water partition coefficient (Wildman–Crippen LogP) is 3.57. The lowest BCUT2D eigenvalue weighted by molar-refractivity contribution is 0.0866. The number of hydrogen-bond donors (Lipinski definition) is 0. The van der Waals surface area contributed by atoms with Gasteiger partial charge in [-0.1, -0.05) is 46.3 Å². The first-order valence-electron chi connectivity index (χ1n) is 6.21. The molecule has 1 heterocycles. The number of halogens is 1. The zero-order valence-corrected chi connectivity index (χ0v) is 12.1. The summed E-state index contributed by atoms with van der Waals surface area (Å²) in [4.78, 5) is 13.7.